The van der Waals surface area contributed by atoms with E-state index in [4.69, 9.17) is 5.73 Å². The molecule has 0 saturated carbocycles. The summed E-state index contributed by atoms with van der Waals surface area (Å²) in [5.74, 6) is -0.960. The first kappa shape index (κ1) is 14.2. The summed E-state index contributed by atoms with van der Waals surface area (Å²) in [6.45, 7) is -0.458. The number of anilines is 1. The molecule has 1 amide bonds. The number of halogens is 1. The third-order valence-electron chi connectivity index (χ3n) is 1.88. The molecule has 0 aromatic heterocycles. The minimum atomic E-state index is -4.02. The summed E-state index contributed by atoms with van der Waals surface area (Å²) in [4.78, 5) is 9.70. The van der Waals surface area contributed by atoms with E-state index in [1.807, 2.05) is 4.72 Å². The van der Waals surface area contributed by atoms with Crippen LogP contribution in [0.4, 0.5) is 14.9 Å². The molecule has 0 unspecified atom stereocenters. The Morgan fingerprint density at radius 2 is 2.11 bits per heavy atom. The first-order chi connectivity index (χ1) is 8.33. The standard InChI is InChI=1S/C9H12FN3O4S/c10-7-5-6(11)1-2-8(7)18(15,16)13-3-4-17-9(12)14/h1-2,5,13H,3-4,11H2,(H2,12,14). The predicted octanol–water partition coefficient (Wildman–Crippen LogP) is -0.218. The second kappa shape index (κ2) is 5.65. The lowest BCUT2D eigenvalue weighted by molar-refractivity contribution is 0.159. The highest BCUT2D eigenvalue weighted by Gasteiger charge is 2.18. The molecular weight excluding hydrogens is 265 g/mol. The predicted molar refractivity (Wildman–Crippen MR) is 61.5 cm³/mol. The molecule has 9 heteroatoms. The fraction of sp³-hybridized carbons (Fsp3) is 0.222. The lowest BCUT2D eigenvalue weighted by Crippen LogP contribution is -2.29. The molecule has 0 aliphatic carbocycles. The molecule has 0 atom stereocenters. The minimum Gasteiger partial charge on any atom is -0.448 e. The number of carbonyl (C=O) groups excluding carboxylic acids is 1. The van der Waals surface area contributed by atoms with Gasteiger partial charge < -0.3 is 16.2 Å². The molecule has 0 bridgehead atoms. The Hall–Kier alpha value is -1.87. The number of primary amides is 1. The minimum absolute atomic E-state index is 0.114. The lowest BCUT2D eigenvalue weighted by Gasteiger charge is -2.08. The molecule has 100 valence electrons. The summed E-state index contributed by atoms with van der Waals surface area (Å²) in [6, 6.07) is 3.20. The molecule has 1 rings (SSSR count). The van der Waals surface area contributed by atoms with Gasteiger partial charge in [-0.15, -0.1) is 0 Å². The smallest absolute Gasteiger partial charge is 0.404 e. The normalized spacial score (nSPS) is 11.2. The van der Waals surface area contributed by atoms with Gasteiger partial charge in [0.15, 0.2) is 0 Å². The Labute approximate surface area is 103 Å². The zero-order valence-electron chi connectivity index (χ0n) is 9.22. The van der Waals surface area contributed by atoms with Crippen molar-refractivity contribution in [3.63, 3.8) is 0 Å². The van der Waals surface area contributed by atoms with Crippen molar-refractivity contribution in [1.29, 1.82) is 0 Å². The van der Waals surface area contributed by atoms with Gasteiger partial charge in [-0.1, -0.05) is 0 Å². The van der Waals surface area contributed by atoms with Crippen LogP contribution >= 0.6 is 0 Å². The van der Waals surface area contributed by atoms with E-state index in [-0.39, 0.29) is 18.8 Å². The monoisotopic (exact) mass is 277 g/mol. The van der Waals surface area contributed by atoms with Crippen LogP contribution in [0.1, 0.15) is 0 Å². The summed E-state index contributed by atoms with van der Waals surface area (Å²) in [7, 11) is -4.02. The zero-order valence-corrected chi connectivity index (χ0v) is 10.0. The third kappa shape index (κ3) is 3.86. The summed E-state index contributed by atoms with van der Waals surface area (Å²) in [5, 5.41) is 0. The maximum Gasteiger partial charge on any atom is 0.404 e. The number of hydrogen-bond donors (Lipinski definition) is 3. The zero-order chi connectivity index (χ0) is 13.8. The topological polar surface area (TPSA) is 125 Å². The van der Waals surface area contributed by atoms with Gasteiger partial charge in [-0.05, 0) is 18.2 Å². The molecule has 18 heavy (non-hydrogen) atoms. The van der Waals surface area contributed by atoms with Gasteiger partial charge >= 0.3 is 6.09 Å². The van der Waals surface area contributed by atoms with Crippen molar-refractivity contribution in [2.45, 2.75) is 4.90 Å². The maximum absolute atomic E-state index is 13.4. The Morgan fingerprint density at radius 3 is 2.67 bits per heavy atom. The van der Waals surface area contributed by atoms with Crippen LogP contribution in [-0.2, 0) is 14.8 Å². The summed E-state index contributed by atoms with van der Waals surface area (Å²) >= 11 is 0. The van der Waals surface area contributed by atoms with Crippen LogP contribution in [0.2, 0.25) is 0 Å². The molecule has 0 aliphatic heterocycles. The Morgan fingerprint density at radius 1 is 1.44 bits per heavy atom. The van der Waals surface area contributed by atoms with E-state index in [9.17, 15) is 17.6 Å². The van der Waals surface area contributed by atoms with E-state index in [1.165, 1.54) is 6.07 Å². The third-order valence-corrected chi connectivity index (χ3v) is 3.38. The van der Waals surface area contributed by atoms with E-state index in [1.54, 1.807) is 0 Å². The number of nitrogen functional groups attached to an aromatic ring is 1. The van der Waals surface area contributed by atoms with Gasteiger partial charge in [0.1, 0.15) is 17.3 Å². The second-order valence-corrected chi connectivity index (χ2v) is 4.99. The maximum atomic E-state index is 13.4. The van der Waals surface area contributed by atoms with Crippen molar-refractivity contribution in [3.8, 4) is 0 Å². The molecular formula is C9H12FN3O4S. The number of rotatable bonds is 5. The van der Waals surface area contributed by atoms with Gasteiger partial charge in [0.2, 0.25) is 10.0 Å². The lowest BCUT2D eigenvalue weighted by atomic mass is 10.3. The number of sulfonamides is 1. The van der Waals surface area contributed by atoms with Crippen molar-refractivity contribution >= 4 is 21.8 Å². The van der Waals surface area contributed by atoms with Crippen molar-refractivity contribution in [2.24, 2.45) is 5.73 Å². The highest BCUT2D eigenvalue weighted by atomic mass is 32.2. The van der Waals surface area contributed by atoms with Crippen LogP contribution in [0, 0.1) is 5.82 Å². The molecule has 0 saturated heterocycles. The second-order valence-electron chi connectivity index (χ2n) is 3.26. The SMILES string of the molecule is NC(=O)OCCNS(=O)(=O)c1ccc(N)cc1F. The van der Waals surface area contributed by atoms with Crippen molar-refractivity contribution in [2.75, 3.05) is 18.9 Å². The molecule has 7 nitrogen and oxygen atoms in total. The number of benzene rings is 1. The van der Waals surface area contributed by atoms with Crippen LogP contribution in [-0.4, -0.2) is 27.7 Å². The van der Waals surface area contributed by atoms with Gasteiger partial charge in [-0.3, -0.25) is 0 Å². The number of hydrogen-bond acceptors (Lipinski definition) is 5. The van der Waals surface area contributed by atoms with Crippen LogP contribution in [0.5, 0.6) is 0 Å². The molecule has 1 aromatic rings. The van der Waals surface area contributed by atoms with Crippen molar-refractivity contribution in [3.05, 3.63) is 24.0 Å². The Balaban J connectivity index is 2.71. The molecule has 5 N–H and O–H groups in total. The quantitative estimate of drug-likeness (QED) is 0.507. The van der Waals surface area contributed by atoms with E-state index in [2.05, 4.69) is 10.5 Å². The molecule has 0 radical (unpaired) electrons. The van der Waals surface area contributed by atoms with Gasteiger partial charge in [-0.25, -0.2) is 22.3 Å². The summed E-state index contributed by atoms with van der Waals surface area (Å²) in [5.41, 5.74) is 10.1. The largest absolute Gasteiger partial charge is 0.448 e. The van der Waals surface area contributed by atoms with E-state index in [0.717, 1.165) is 12.1 Å². The van der Waals surface area contributed by atoms with E-state index < -0.39 is 26.8 Å². The average Bonchev–Trinajstić information content (AvgIpc) is 2.23. The first-order valence-corrected chi connectivity index (χ1v) is 6.28. The summed E-state index contributed by atoms with van der Waals surface area (Å²) < 4.78 is 43.0. The first-order valence-electron chi connectivity index (χ1n) is 4.80. The number of ether oxygens (including phenoxy) is 1. The number of carbonyl (C=O) groups is 1. The van der Waals surface area contributed by atoms with Crippen LogP contribution in [0.15, 0.2) is 23.1 Å². The van der Waals surface area contributed by atoms with Crippen molar-refractivity contribution in [1.82, 2.24) is 4.72 Å². The molecule has 0 aliphatic rings. The summed E-state index contributed by atoms with van der Waals surface area (Å²) in [6.07, 6.45) is -1.02. The fourth-order valence-corrected chi connectivity index (χ4v) is 2.21. The molecule has 1 aromatic carbocycles. The Kier molecular flexibility index (Phi) is 4.45. The molecule has 0 fully saturated rings. The van der Waals surface area contributed by atoms with E-state index >= 15 is 0 Å². The number of nitrogens with one attached hydrogen (secondary N) is 1. The highest BCUT2D eigenvalue weighted by molar-refractivity contribution is 7.89. The molecule has 0 heterocycles. The number of amides is 1. The van der Waals surface area contributed by atoms with Gasteiger partial charge in [-0.2, -0.15) is 0 Å². The fourth-order valence-electron chi connectivity index (χ4n) is 1.14. The van der Waals surface area contributed by atoms with Crippen LogP contribution in [0.25, 0.3) is 0 Å². The molecule has 0 spiro atoms. The van der Waals surface area contributed by atoms with Gasteiger partial charge in [0, 0.05) is 12.2 Å². The van der Waals surface area contributed by atoms with Gasteiger partial charge in [0.05, 0.1) is 0 Å². The number of nitrogens with two attached hydrogens (primary N) is 2. The van der Waals surface area contributed by atoms with Crippen LogP contribution < -0.4 is 16.2 Å². The Bertz CT molecular complexity index is 547. The average molecular weight is 277 g/mol. The van der Waals surface area contributed by atoms with E-state index in [0.29, 0.717) is 0 Å². The van der Waals surface area contributed by atoms with Gasteiger partial charge in [0.25, 0.3) is 0 Å². The van der Waals surface area contributed by atoms with Crippen molar-refractivity contribution < 1.29 is 22.3 Å². The van der Waals surface area contributed by atoms with Crippen LogP contribution in [0.3, 0.4) is 0 Å². The highest BCUT2D eigenvalue weighted by Crippen LogP contribution is 2.16.